The number of ether oxygens (including phenoxy) is 2. The van der Waals surface area contributed by atoms with Crippen molar-refractivity contribution in [2.75, 3.05) is 18.4 Å². The monoisotopic (exact) mass is 404 g/mol. The minimum absolute atomic E-state index is 0.0877. The molecule has 0 bridgehead atoms. The van der Waals surface area contributed by atoms with Crippen molar-refractivity contribution < 1.29 is 27.8 Å². The Morgan fingerprint density at radius 2 is 2.11 bits per heavy atom. The average Bonchev–Trinajstić information content (AvgIpc) is 3.47. The van der Waals surface area contributed by atoms with Gasteiger partial charge in [0.2, 0.25) is 5.88 Å². The Kier molecular flexibility index (Phi) is 4.51. The lowest BCUT2D eigenvalue weighted by Gasteiger charge is -2.13. The van der Waals surface area contributed by atoms with Gasteiger partial charge in [-0.05, 0) is 36.6 Å². The van der Waals surface area contributed by atoms with E-state index in [1.807, 2.05) is 0 Å². The van der Waals surface area contributed by atoms with E-state index >= 15 is 0 Å². The molecule has 0 saturated heterocycles. The molecule has 1 aromatic heterocycles. The van der Waals surface area contributed by atoms with E-state index in [9.17, 15) is 18.3 Å². The highest BCUT2D eigenvalue weighted by Crippen LogP contribution is 2.51. The van der Waals surface area contributed by atoms with Crippen molar-refractivity contribution in [3.63, 3.8) is 0 Å². The largest absolute Gasteiger partial charge is 0.495 e. The fraction of sp³-hybridized carbons (Fsp3) is 0.368. The molecule has 148 valence electrons. The summed E-state index contributed by atoms with van der Waals surface area (Å²) < 4.78 is 39.0. The standard InChI is InChI=1S/C19H20N2O6S/c1-26-16-3-2-12(10-22)6-17(16)28(24,25)21-13-7-14-15(23)8-19(4-5-19)11-27-18(14)20-9-13/h2-3,6-7,9,21-22H,4-5,8,10-11H2,1H3. The highest BCUT2D eigenvalue weighted by molar-refractivity contribution is 7.92. The number of methoxy groups -OCH3 is 1. The van der Waals surface area contributed by atoms with Crippen LogP contribution in [0.25, 0.3) is 0 Å². The summed E-state index contributed by atoms with van der Waals surface area (Å²) in [6.45, 7) is 0.148. The number of Topliss-reactive ketones (excluding diaryl/α,β-unsaturated/α-hetero) is 1. The first-order chi connectivity index (χ1) is 13.4. The molecule has 4 rings (SSSR count). The number of aromatic nitrogens is 1. The summed E-state index contributed by atoms with van der Waals surface area (Å²) in [5, 5.41) is 9.30. The molecule has 0 amide bonds. The van der Waals surface area contributed by atoms with Crippen LogP contribution in [0.1, 0.15) is 35.2 Å². The zero-order valence-electron chi connectivity index (χ0n) is 15.3. The third kappa shape index (κ3) is 3.43. The van der Waals surface area contributed by atoms with E-state index in [0.717, 1.165) is 12.8 Å². The van der Waals surface area contributed by atoms with E-state index in [1.165, 1.54) is 31.5 Å². The zero-order chi connectivity index (χ0) is 19.9. The van der Waals surface area contributed by atoms with Gasteiger partial charge in [-0.1, -0.05) is 6.07 Å². The fourth-order valence-electron chi connectivity index (χ4n) is 3.27. The number of rotatable bonds is 5. The van der Waals surface area contributed by atoms with Gasteiger partial charge in [-0.3, -0.25) is 9.52 Å². The number of nitrogens with zero attached hydrogens (tertiary/aromatic N) is 1. The molecule has 2 aromatic rings. The van der Waals surface area contributed by atoms with Gasteiger partial charge in [0.05, 0.1) is 37.8 Å². The summed E-state index contributed by atoms with van der Waals surface area (Å²) in [5.41, 5.74) is 0.772. The number of benzene rings is 1. The van der Waals surface area contributed by atoms with E-state index in [4.69, 9.17) is 9.47 Å². The number of anilines is 1. The van der Waals surface area contributed by atoms with Crippen molar-refractivity contribution in [1.29, 1.82) is 0 Å². The lowest BCUT2D eigenvalue weighted by atomic mass is 9.98. The summed E-state index contributed by atoms with van der Waals surface area (Å²) in [5.74, 6) is 0.275. The Balaban J connectivity index is 1.66. The van der Waals surface area contributed by atoms with E-state index in [1.54, 1.807) is 6.07 Å². The first-order valence-electron chi connectivity index (χ1n) is 8.82. The Hall–Kier alpha value is -2.65. The van der Waals surface area contributed by atoms with E-state index in [0.29, 0.717) is 18.6 Å². The van der Waals surface area contributed by atoms with Gasteiger partial charge in [0, 0.05) is 11.8 Å². The maximum absolute atomic E-state index is 12.9. The van der Waals surface area contributed by atoms with Gasteiger partial charge in [0.15, 0.2) is 5.78 Å². The van der Waals surface area contributed by atoms with Crippen LogP contribution in [0.3, 0.4) is 0 Å². The van der Waals surface area contributed by atoms with Crippen molar-refractivity contribution in [2.45, 2.75) is 30.8 Å². The average molecular weight is 404 g/mol. The Bertz CT molecular complexity index is 1050. The third-order valence-electron chi connectivity index (χ3n) is 5.11. The number of pyridine rings is 1. The number of ketones is 1. The normalized spacial score (nSPS) is 17.4. The maximum atomic E-state index is 12.9. The number of nitrogens with one attached hydrogen (secondary N) is 1. The fourth-order valence-corrected chi connectivity index (χ4v) is 4.52. The summed E-state index contributed by atoms with van der Waals surface area (Å²) in [7, 11) is -2.67. The molecule has 0 unspecified atom stereocenters. The van der Waals surface area contributed by atoms with Crippen molar-refractivity contribution >= 4 is 21.5 Å². The van der Waals surface area contributed by atoms with Crippen LogP contribution in [0.15, 0.2) is 35.4 Å². The molecule has 1 saturated carbocycles. The van der Waals surface area contributed by atoms with Gasteiger partial charge in [-0.15, -0.1) is 0 Å². The van der Waals surface area contributed by atoms with Gasteiger partial charge in [-0.2, -0.15) is 0 Å². The summed E-state index contributed by atoms with van der Waals surface area (Å²) >= 11 is 0. The highest BCUT2D eigenvalue weighted by atomic mass is 32.2. The number of aliphatic hydroxyl groups is 1. The molecule has 0 radical (unpaired) electrons. The molecule has 1 aliphatic carbocycles. The van der Waals surface area contributed by atoms with Crippen LogP contribution in [0.5, 0.6) is 11.6 Å². The molecule has 1 aliphatic heterocycles. The van der Waals surface area contributed by atoms with Crippen LogP contribution in [0.2, 0.25) is 0 Å². The number of hydrogen-bond acceptors (Lipinski definition) is 7. The van der Waals surface area contributed by atoms with Crippen LogP contribution in [0.4, 0.5) is 5.69 Å². The molecule has 8 nitrogen and oxygen atoms in total. The first kappa shape index (κ1) is 18.7. The van der Waals surface area contributed by atoms with E-state index in [-0.39, 0.29) is 45.6 Å². The predicted octanol–water partition coefficient (Wildman–Crippen LogP) is 2.13. The number of fused-ring (bicyclic) bond motifs is 1. The Labute approximate surface area is 162 Å². The smallest absolute Gasteiger partial charge is 0.265 e. The van der Waals surface area contributed by atoms with Crippen LogP contribution < -0.4 is 14.2 Å². The Morgan fingerprint density at radius 1 is 1.32 bits per heavy atom. The van der Waals surface area contributed by atoms with Crippen molar-refractivity contribution in [3.05, 3.63) is 41.6 Å². The molecular weight excluding hydrogens is 384 g/mol. The highest BCUT2D eigenvalue weighted by Gasteiger charge is 2.47. The molecule has 28 heavy (non-hydrogen) atoms. The van der Waals surface area contributed by atoms with Crippen LogP contribution in [-0.4, -0.2) is 38.0 Å². The number of hydrogen-bond donors (Lipinski definition) is 2. The van der Waals surface area contributed by atoms with Gasteiger partial charge in [0.1, 0.15) is 10.6 Å². The van der Waals surface area contributed by atoms with E-state index in [2.05, 4.69) is 9.71 Å². The first-order valence-corrected chi connectivity index (χ1v) is 10.3. The molecule has 0 atom stereocenters. The van der Waals surface area contributed by atoms with E-state index < -0.39 is 10.0 Å². The molecule has 2 aliphatic rings. The molecule has 1 spiro atoms. The predicted molar refractivity (Wildman–Crippen MR) is 100 cm³/mol. The molecule has 2 heterocycles. The van der Waals surface area contributed by atoms with Gasteiger partial charge >= 0.3 is 0 Å². The zero-order valence-corrected chi connectivity index (χ0v) is 16.1. The van der Waals surface area contributed by atoms with Crippen LogP contribution >= 0.6 is 0 Å². The SMILES string of the molecule is COc1ccc(CO)cc1S(=O)(=O)Nc1cnc2c(c1)C(=O)CC1(CC1)CO2. The number of aliphatic hydroxyl groups excluding tert-OH is 1. The van der Waals surface area contributed by atoms with Crippen molar-refractivity contribution in [3.8, 4) is 11.6 Å². The Morgan fingerprint density at radius 3 is 2.79 bits per heavy atom. The van der Waals surface area contributed by atoms with Crippen molar-refractivity contribution in [1.82, 2.24) is 4.98 Å². The van der Waals surface area contributed by atoms with Gasteiger partial charge in [0.25, 0.3) is 10.0 Å². The van der Waals surface area contributed by atoms with Crippen LogP contribution in [-0.2, 0) is 16.6 Å². The maximum Gasteiger partial charge on any atom is 0.265 e. The lowest BCUT2D eigenvalue weighted by molar-refractivity contribution is 0.0954. The number of carbonyl (C=O) groups is 1. The number of sulfonamides is 1. The summed E-state index contributed by atoms with van der Waals surface area (Å²) in [6, 6.07) is 5.84. The second kappa shape index (κ2) is 6.75. The topological polar surface area (TPSA) is 115 Å². The lowest BCUT2D eigenvalue weighted by Crippen LogP contribution is -2.15. The quantitative estimate of drug-likeness (QED) is 0.784. The van der Waals surface area contributed by atoms with Crippen LogP contribution in [0, 0.1) is 5.41 Å². The minimum atomic E-state index is -4.03. The molecular formula is C19H20N2O6S. The minimum Gasteiger partial charge on any atom is -0.495 e. The van der Waals surface area contributed by atoms with Crippen molar-refractivity contribution in [2.24, 2.45) is 5.41 Å². The molecule has 1 fully saturated rings. The third-order valence-corrected chi connectivity index (χ3v) is 6.51. The molecule has 2 N–H and O–H groups in total. The second-order valence-electron chi connectivity index (χ2n) is 7.21. The molecule has 9 heteroatoms. The summed E-state index contributed by atoms with van der Waals surface area (Å²) in [6.07, 6.45) is 3.60. The molecule has 1 aromatic carbocycles. The van der Waals surface area contributed by atoms with Gasteiger partial charge < -0.3 is 14.6 Å². The van der Waals surface area contributed by atoms with Gasteiger partial charge in [-0.25, -0.2) is 13.4 Å². The number of carbonyl (C=O) groups excluding carboxylic acids is 1. The summed E-state index contributed by atoms with van der Waals surface area (Å²) in [4.78, 5) is 16.6. The second-order valence-corrected chi connectivity index (χ2v) is 8.86.